The minimum Gasteiger partial charge on any atom is -0.479 e. The maximum atomic E-state index is 5.17. The fourth-order valence-corrected chi connectivity index (χ4v) is 1.58. The van der Waals surface area contributed by atoms with E-state index in [1.807, 2.05) is 14.0 Å². The Morgan fingerprint density at radius 2 is 1.82 bits per heavy atom. The van der Waals surface area contributed by atoms with E-state index in [4.69, 9.17) is 4.74 Å². The standard InChI is InChI=1S/C11H13N5O/c1-7-8(15-6-16-10(7)12-2)9-11(17-3)14-5-4-13-9/h4-6H,1-3H3,(H,12,15,16). The first-order valence-electron chi connectivity index (χ1n) is 5.12. The molecule has 0 aromatic carbocycles. The summed E-state index contributed by atoms with van der Waals surface area (Å²) in [4.78, 5) is 16.7. The van der Waals surface area contributed by atoms with Crippen molar-refractivity contribution in [3.63, 3.8) is 0 Å². The Morgan fingerprint density at radius 3 is 2.53 bits per heavy atom. The molecular formula is C11H13N5O. The fourth-order valence-electron chi connectivity index (χ4n) is 1.58. The molecule has 1 N–H and O–H groups in total. The van der Waals surface area contributed by atoms with Gasteiger partial charge < -0.3 is 10.1 Å². The molecule has 0 bridgehead atoms. The molecule has 0 spiro atoms. The van der Waals surface area contributed by atoms with Crippen LogP contribution in [0, 0.1) is 6.92 Å². The molecule has 0 aliphatic heterocycles. The van der Waals surface area contributed by atoms with Crippen molar-refractivity contribution >= 4 is 5.82 Å². The molecule has 0 saturated carbocycles. The molecule has 0 unspecified atom stereocenters. The summed E-state index contributed by atoms with van der Waals surface area (Å²) in [5.41, 5.74) is 2.24. The molecule has 2 aromatic heterocycles. The number of aromatic nitrogens is 4. The highest BCUT2D eigenvalue weighted by Gasteiger charge is 2.14. The molecule has 6 heteroatoms. The van der Waals surface area contributed by atoms with Crippen LogP contribution in [0.25, 0.3) is 11.4 Å². The molecule has 6 nitrogen and oxygen atoms in total. The van der Waals surface area contributed by atoms with E-state index < -0.39 is 0 Å². The van der Waals surface area contributed by atoms with E-state index >= 15 is 0 Å². The summed E-state index contributed by atoms with van der Waals surface area (Å²) in [7, 11) is 3.37. The Balaban J connectivity index is 2.60. The molecule has 88 valence electrons. The summed E-state index contributed by atoms with van der Waals surface area (Å²) in [5, 5.41) is 3.00. The fraction of sp³-hybridized carbons (Fsp3) is 0.273. The number of hydrogen-bond acceptors (Lipinski definition) is 6. The summed E-state index contributed by atoms with van der Waals surface area (Å²) >= 11 is 0. The van der Waals surface area contributed by atoms with Gasteiger partial charge in [-0.3, -0.25) is 0 Å². The third-order valence-corrected chi connectivity index (χ3v) is 2.40. The van der Waals surface area contributed by atoms with E-state index in [1.54, 1.807) is 19.5 Å². The monoisotopic (exact) mass is 231 g/mol. The lowest BCUT2D eigenvalue weighted by Crippen LogP contribution is -2.02. The van der Waals surface area contributed by atoms with Crippen LogP contribution >= 0.6 is 0 Å². The Bertz CT molecular complexity index is 529. The van der Waals surface area contributed by atoms with E-state index in [-0.39, 0.29) is 0 Å². The zero-order valence-corrected chi connectivity index (χ0v) is 9.93. The molecule has 0 radical (unpaired) electrons. The Morgan fingerprint density at radius 1 is 1.06 bits per heavy atom. The summed E-state index contributed by atoms with van der Waals surface area (Å²) in [6, 6.07) is 0. The third kappa shape index (κ3) is 2.01. The topological polar surface area (TPSA) is 72.8 Å². The molecule has 2 aromatic rings. The lowest BCUT2D eigenvalue weighted by molar-refractivity contribution is 0.397. The van der Waals surface area contributed by atoms with Gasteiger partial charge in [0, 0.05) is 25.0 Å². The second-order valence-electron chi connectivity index (χ2n) is 3.36. The van der Waals surface area contributed by atoms with Gasteiger partial charge in [0.2, 0.25) is 5.88 Å². The van der Waals surface area contributed by atoms with Gasteiger partial charge in [-0.1, -0.05) is 0 Å². The maximum Gasteiger partial charge on any atom is 0.241 e. The molecule has 0 atom stereocenters. The predicted octanol–water partition coefficient (Wildman–Crippen LogP) is 1.29. The third-order valence-electron chi connectivity index (χ3n) is 2.40. The first-order chi connectivity index (χ1) is 8.27. The Kier molecular flexibility index (Phi) is 3.13. The number of methoxy groups -OCH3 is 1. The van der Waals surface area contributed by atoms with Crippen LogP contribution in [0.5, 0.6) is 5.88 Å². The van der Waals surface area contributed by atoms with E-state index in [0.29, 0.717) is 17.3 Å². The van der Waals surface area contributed by atoms with Crippen LogP contribution in [0.15, 0.2) is 18.7 Å². The quantitative estimate of drug-likeness (QED) is 0.858. The second kappa shape index (κ2) is 4.73. The number of rotatable bonds is 3. The van der Waals surface area contributed by atoms with Crippen molar-refractivity contribution in [1.29, 1.82) is 0 Å². The number of hydrogen-bond donors (Lipinski definition) is 1. The van der Waals surface area contributed by atoms with Crippen molar-refractivity contribution in [2.75, 3.05) is 19.5 Å². The molecule has 0 aliphatic rings. The summed E-state index contributed by atoms with van der Waals surface area (Å²) in [6.45, 7) is 1.93. The highest BCUT2D eigenvalue weighted by molar-refractivity contribution is 5.67. The highest BCUT2D eigenvalue weighted by Crippen LogP contribution is 2.28. The lowest BCUT2D eigenvalue weighted by Gasteiger charge is -2.09. The molecular weight excluding hydrogens is 218 g/mol. The zero-order valence-electron chi connectivity index (χ0n) is 9.93. The number of nitrogens with one attached hydrogen (secondary N) is 1. The number of anilines is 1. The van der Waals surface area contributed by atoms with Crippen LogP contribution in [0.4, 0.5) is 5.82 Å². The average Bonchev–Trinajstić information content (AvgIpc) is 2.39. The molecule has 2 heterocycles. The Labute approximate surface area is 99.1 Å². The van der Waals surface area contributed by atoms with Crippen molar-refractivity contribution in [2.24, 2.45) is 0 Å². The van der Waals surface area contributed by atoms with Crippen molar-refractivity contribution in [2.45, 2.75) is 6.92 Å². The van der Waals surface area contributed by atoms with Crippen LogP contribution in [-0.4, -0.2) is 34.1 Å². The first-order valence-corrected chi connectivity index (χ1v) is 5.12. The lowest BCUT2D eigenvalue weighted by atomic mass is 10.2. The van der Waals surface area contributed by atoms with Gasteiger partial charge >= 0.3 is 0 Å². The SMILES string of the molecule is CNc1ncnc(-c2nccnc2OC)c1C. The van der Waals surface area contributed by atoms with Crippen molar-refractivity contribution < 1.29 is 4.74 Å². The summed E-state index contributed by atoms with van der Waals surface area (Å²) in [5.74, 6) is 1.22. The number of ether oxygens (including phenoxy) is 1. The van der Waals surface area contributed by atoms with Crippen LogP contribution < -0.4 is 10.1 Å². The van der Waals surface area contributed by atoms with E-state index in [1.165, 1.54) is 6.33 Å². The van der Waals surface area contributed by atoms with Crippen LogP contribution in [0.3, 0.4) is 0 Å². The molecule has 0 aliphatic carbocycles. The van der Waals surface area contributed by atoms with Crippen molar-refractivity contribution in [3.8, 4) is 17.3 Å². The van der Waals surface area contributed by atoms with E-state index in [2.05, 4.69) is 25.3 Å². The van der Waals surface area contributed by atoms with Gasteiger partial charge in [-0.2, -0.15) is 0 Å². The first kappa shape index (κ1) is 11.3. The van der Waals surface area contributed by atoms with Gasteiger partial charge in [0.1, 0.15) is 17.8 Å². The van der Waals surface area contributed by atoms with E-state index in [0.717, 1.165) is 11.4 Å². The second-order valence-corrected chi connectivity index (χ2v) is 3.36. The maximum absolute atomic E-state index is 5.17. The van der Waals surface area contributed by atoms with Gasteiger partial charge in [0.25, 0.3) is 0 Å². The average molecular weight is 231 g/mol. The molecule has 0 amide bonds. The highest BCUT2D eigenvalue weighted by atomic mass is 16.5. The molecule has 2 rings (SSSR count). The Hall–Kier alpha value is -2.24. The largest absolute Gasteiger partial charge is 0.479 e. The van der Waals surface area contributed by atoms with Gasteiger partial charge in [0.15, 0.2) is 5.69 Å². The zero-order chi connectivity index (χ0) is 12.3. The van der Waals surface area contributed by atoms with Gasteiger partial charge in [-0.15, -0.1) is 0 Å². The molecule has 17 heavy (non-hydrogen) atoms. The normalized spacial score (nSPS) is 10.1. The van der Waals surface area contributed by atoms with Crippen molar-refractivity contribution in [3.05, 3.63) is 24.3 Å². The van der Waals surface area contributed by atoms with Gasteiger partial charge in [-0.05, 0) is 6.92 Å². The summed E-state index contributed by atoms with van der Waals surface area (Å²) < 4.78 is 5.17. The van der Waals surface area contributed by atoms with Gasteiger partial charge in [0.05, 0.1) is 7.11 Å². The molecule has 0 fully saturated rings. The minimum atomic E-state index is 0.455. The van der Waals surface area contributed by atoms with Crippen LogP contribution in [0.1, 0.15) is 5.56 Å². The smallest absolute Gasteiger partial charge is 0.241 e. The van der Waals surface area contributed by atoms with E-state index in [9.17, 15) is 0 Å². The van der Waals surface area contributed by atoms with Gasteiger partial charge in [-0.25, -0.2) is 19.9 Å². The van der Waals surface area contributed by atoms with Crippen LogP contribution in [0.2, 0.25) is 0 Å². The van der Waals surface area contributed by atoms with Crippen molar-refractivity contribution in [1.82, 2.24) is 19.9 Å². The van der Waals surface area contributed by atoms with Crippen LogP contribution in [-0.2, 0) is 0 Å². The summed E-state index contributed by atoms with van der Waals surface area (Å²) in [6.07, 6.45) is 4.68. The number of nitrogens with zero attached hydrogens (tertiary/aromatic N) is 4. The molecule has 0 saturated heterocycles. The predicted molar refractivity (Wildman–Crippen MR) is 63.9 cm³/mol. The minimum absolute atomic E-state index is 0.455.